The van der Waals surface area contributed by atoms with E-state index in [1.807, 2.05) is 37.3 Å². The fraction of sp³-hybridized carbons (Fsp3) is 0.154. The van der Waals surface area contributed by atoms with Crippen molar-refractivity contribution >= 4 is 40.9 Å². The first-order valence-electron chi connectivity index (χ1n) is 10.2. The molecule has 0 saturated heterocycles. The van der Waals surface area contributed by atoms with Crippen molar-refractivity contribution in [3.05, 3.63) is 86.9 Å². The van der Waals surface area contributed by atoms with Crippen molar-refractivity contribution in [2.24, 2.45) is 0 Å². The van der Waals surface area contributed by atoms with Gasteiger partial charge >= 0.3 is 0 Å². The zero-order valence-electron chi connectivity index (χ0n) is 18.8. The molecule has 6 nitrogen and oxygen atoms in total. The highest BCUT2D eigenvalue weighted by molar-refractivity contribution is 6.32. The van der Waals surface area contributed by atoms with Crippen LogP contribution in [0.1, 0.15) is 16.7 Å². The van der Waals surface area contributed by atoms with E-state index in [0.717, 1.165) is 11.1 Å². The largest absolute Gasteiger partial charge is 0.495 e. The van der Waals surface area contributed by atoms with E-state index in [2.05, 4.69) is 5.32 Å². The van der Waals surface area contributed by atoms with Gasteiger partial charge < -0.3 is 19.5 Å². The summed E-state index contributed by atoms with van der Waals surface area (Å²) in [4.78, 5) is 12.9. The second-order valence-corrected chi connectivity index (χ2v) is 8.11. The first-order valence-corrected chi connectivity index (χ1v) is 10.9. The van der Waals surface area contributed by atoms with Crippen LogP contribution in [0.2, 0.25) is 10.0 Å². The summed E-state index contributed by atoms with van der Waals surface area (Å²) in [5.41, 5.74) is 2.78. The second kappa shape index (κ2) is 11.5. The van der Waals surface area contributed by atoms with Gasteiger partial charge in [0.15, 0.2) is 0 Å². The van der Waals surface area contributed by atoms with E-state index in [9.17, 15) is 10.1 Å². The molecular formula is C26H22Cl2N2O4. The van der Waals surface area contributed by atoms with Crippen LogP contribution in [0, 0.1) is 18.3 Å². The van der Waals surface area contributed by atoms with Crippen molar-refractivity contribution < 1.29 is 19.0 Å². The number of halogens is 2. The van der Waals surface area contributed by atoms with Crippen LogP contribution in [-0.4, -0.2) is 20.1 Å². The molecule has 3 aromatic carbocycles. The molecule has 1 amide bonds. The summed E-state index contributed by atoms with van der Waals surface area (Å²) in [7, 11) is 2.90. The molecule has 0 atom stereocenters. The first-order chi connectivity index (χ1) is 16.3. The number of aryl methyl sites for hydroxylation is 1. The summed E-state index contributed by atoms with van der Waals surface area (Å²) in [6.07, 6.45) is 1.42. The maximum absolute atomic E-state index is 12.9. The number of benzene rings is 3. The van der Waals surface area contributed by atoms with E-state index in [4.69, 9.17) is 37.4 Å². The van der Waals surface area contributed by atoms with Crippen molar-refractivity contribution in [3.8, 4) is 23.3 Å². The van der Waals surface area contributed by atoms with Gasteiger partial charge in [-0.25, -0.2) is 0 Å². The Morgan fingerprint density at radius 1 is 1.00 bits per heavy atom. The predicted molar refractivity (Wildman–Crippen MR) is 134 cm³/mol. The quantitative estimate of drug-likeness (QED) is 0.286. The summed E-state index contributed by atoms with van der Waals surface area (Å²) in [6, 6.07) is 17.9. The zero-order valence-corrected chi connectivity index (χ0v) is 20.3. The highest BCUT2D eigenvalue weighted by Crippen LogP contribution is 2.36. The smallest absolute Gasteiger partial charge is 0.266 e. The molecule has 0 spiro atoms. The van der Waals surface area contributed by atoms with Crippen molar-refractivity contribution in [1.29, 1.82) is 5.26 Å². The number of ether oxygens (including phenoxy) is 3. The highest BCUT2D eigenvalue weighted by atomic mass is 35.5. The minimum Gasteiger partial charge on any atom is -0.495 e. The average Bonchev–Trinajstić information content (AvgIpc) is 2.83. The predicted octanol–water partition coefficient (Wildman–Crippen LogP) is 6.44. The number of carbonyl (C=O) groups is 1. The molecule has 0 fully saturated rings. The lowest BCUT2D eigenvalue weighted by Crippen LogP contribution is -2.14. The van der Waals surface area contributed by atoms with Crippen LogP contribution in [0.4, 0.5) is 5.69 Å². The number of nitrogens with zero attached hydrogens (tertiary/aromatic N) is 1. The lowest BCUT2D eigenvalue weighted by Gasteiger charge is -2.13. The van der Waals surface area contributed by atoms with Crippen LogP contribution in [0.15, 0.2) is 60.2 Å². The number of nitrogens with one attached hydrogen (secondary N) is 1. The molecule has 0 aliphatic carbocycles. The summed E-state index contributed by atoms with van der Waals surface area (Å²) in [6.45, 7) is 2.33. The normalized spacial score (nSPS) is 10.9. The van der Waals surface area contributed by atoms with Gasteiger partial charge in [0.1, 0.15) is 35.5 Å². The first kappa shape index (κ1) is 25.0. The molecule has 0 aromatic heterocycles. The van der Waals surface area contributed by atoms with Crippen LogP contribution in [-0.2, 0) is 11.4 Å². The van der Waals surface area contributed by atoms with Gasteiger partial charge in [-0.15, -0.1) is 0 Å². The maximum Gasteiger partial charge on any atom is 0.266 e. The molecular weight excluding hydrogens is 475 g/mol. The Hall–Kier alpha value is -3.66. The molecule has 0 radical (unpaired) electrons. The Kier molecular flexibility index (Phi) is 8.42. The molecule has 0 unspecified atom stereocenters. The van der Waals surface area contributed by atoms with Crippen molar-refractivity contribution in [1.82, 2.24) is 0 Å². The molecule has 0 aliphatic rings. The van der Waals surface area contributed by atoms with Gasteiger partial charge in [0.2, 0.25) is 0 Å². The van der Waals surface area contributed by atoms with E-state index >= 15 is 0 Å². The van der Waals surface area contributed by atoms with Crippen LogP contribution < -0.4 is 19.5 Å². The number of hydrogen-bond donors (Lipinski definition) is 1. The third-order valence-corrected chi connectivity index (χ3v) is 5.40. The number of nitriles is 1. The molecule has 3 rings (SSSR count). The van der Waals surface area contributed by atoms with Crippen molar-refractivity contribution in [2.45, 2.75) is 13.5 Å². The zero-order chi connectivity index (χ0) is 24.7. The van der Waals surface area contributed by atoms with Gasteiger partial charge in [0.05, 0.1) is 24.9 Å². The lowest BCUT2D eigenvalue weighted by molar-refractivity contribution is -0.112. The van der Waals surface area contributed by atoms with E-state index < -0.39 is 5.91 Å². The number of methoxy groups -OCH3 is 2. The fourth-order valence-corrected chi connectivity index (χ4v) is 3.47. The van der Waals surface area contributed by atoms with Crippen molar-refractivity contribution in [2.75, 3.05) is 19.5 Å². The lowest BCUT2D eigenvalue weighted by atomic mass is 10.1. The van der Waals surface area contributed by atoms with Gasteiger partial charge in [-0.1, -0.05) is 53.0 Å². The van der Waals surface area contributed by atoms with Crippen LogP contribution >= 0.6 is 23.2 Å². The number of anilines is 1. The van der Waals surface area contributed by atoms with E-state index in [1.165, 1.54) is 32.4 Å². The standard InChI is InChI=1S/C26H22Cl2N2O4/c1-16-4-6-17(7-5-16)15-34-23-9-8-20(27)11-18(23)10-19(14-29)26(31)30-22-13-24(32-2)21(28)12-25(22)33-3/h4-13H,15H2,1-3H3,(H,30,31)/b19-10+. The van der Waals surface area contributed by atoms with Gasteiger partial charge in [-0.2, -0.15) is 5.26 Å². The Morgan fingerprint density at radius 3 is 2.35 bits per heavy atom. The topological polar surface area (TPSA) is 80.6 Å². The number of rotatable bonds is 8. The molecule has 0 aliphatic heterocycles. The number of amides is 1. The Morgan fingerprint density at radius 2 is 1.71 bits per heavy atom. The Bertz CT molecular complexity index is 1270. The van der Waals surface area contributed by atoms with Crippen LogP contribution in [0.3, 0.4) is 0 Å². The minimum absolute atomic E-state index is 0.154. The maximum atomic E-state index is 12.9. The third kappa shape index (κ3) is 6.22. The SMILES string of the molecule is COc1cc(NC(=O)/C(C#N)=C/c2cc(Cl)ccc2OCc2ccc(C)cc2)c(OC)cc1Cl. The van der Waals surface area contributed by atoms with E-state index in [-0.39, 0.29) is 5.57 Å². The summed E-state index contributed by atoms with van der Waals surface area (Å²) in [5.74, 6) is 0.508. The van der Waals surface area contributed by atoms with Crippen LogP contribution in [0.25, 0.3) is 6.08 Å². The van der Waals surface area contributed by atoms with Gasteiger partial charge in [-0.3, -0.25) is 4.79 Å². The third-order valence-electron chi connectivity index (χ3n) is 4.87. The number of hydrogen-bond acceptors (Lipinski definition) is 5. The van der Waals surface area contributed by atoms with Crippen molar-refractivity contribution in [3.63, 3.8) is 0 Å². The summed E-state index contributed by atoms with van der Waals surface area (Å²) < 4.78 is 16.4. The van der Waals surface area contributed by atoms with Gasteiger partial charge in [-0.05, 0) is 36.8 Å². The van der Waals surface area contributed by atoms with Gasteiger partial charge in [0.25, 0.3) is 5.91 Å². The molecule has 3 aromatic rings. The summed E-state index contributed by atoms with van der Waals surface area (Å²) in [5, 5.41) is 13.1. The average molecular weight is 497 g/mol. The van der Waals surface area contributed by atoms with E-state index in [1.54, 1.807) is 18.2 Å². The fourth-order valence-electron chi connectivity index (χ4n) is 3.06. The highest BCUT2D eigenvalue weighted by Gasteiger charge is 2.16. The minimum atomic E-state index is -0.644. The second-order valence-electron chi connectivity index (χ2n) is 7.27. The monoisotopic (exact) mass is 496 g/mol. The molecule has 1 N–H and O–H groups in total. The van der Waals surface area contributed by atoms with Crippen LogP contribution in [0.5, 0.6) is 17.2 Å². The number of carbonyl (C=O) groups excluding carboxylic acids is 1. The molecule has 34 heavy (non-hydrogen) atoms. The van der Waals surface area contributed by atoms with E-state index in [0.29, 0.717) is 45.2 Å². The molecule has 0 heterocycles. The molecule has 8 heteroatoms. The molecule has 0 bridgehead atoms. The van der Waals surface area contributed by atoms with Gasteiger partial charge in [0, 0.05) is 22.7 Å². The Balaban J connectivity index is 1.87. The Labute approximate surface area is 208 Å². The summed E-state index contributed by atoms with van der Waals surface area (Å²) >= 11 is 12.3. The molecule has 174 valence electrons. The molecule has 0 saturated carbocycles.